The van der Waals surface area contributed by atoms with Crippen molar-refractivity contribution in [3.8, 4) is 5.75 Å². The summed E-state index contributed by atoms with van der Waals surface area (Å²) in [5, 5.41) is 0.503. The minimum Gasteiger partial charge on any atom is -0.497 e. The maximum atomic E-state index is 12.6. The highest BCUT2D eigenvalue weighted by molar-refractivity contribution is 7.84. The van der Waals surface area contributed by atoms with Crippen molar-refractivity contribution < 1.29 is 8.95 Å². The SMILES string of the molecule is COc1ccc2nc([S@](=O)Cc3ccc(C)cc3C)[nH]c2c1. The molecular weight excluding hydrogens is 296 g/mol. The number of benzene rings is 2. The number of H-pyrrole nitrogens is 1. The number of hydrogen-bond acceptors (Lipinski definition) is 3. The Hall–Kier alpha value is -2.14. The second-order valence-corrected chi connectivity index (χ2v) is 6.71. The monoisotopic (exact) mass is 314 g/mol. The number of ether oxygens (including phenoxy) is 1. The Morgan fingerprint density at radius 3 is 2.73 bits per heavy atom. The molecule has 0 aliphatic heterocycles. The van der Waals surface area contributed by atoms with Gasteiger partial charge in [-0.3, -0.25) is 4.21 Å². The van der Waals surface area contributed by atoms with Crippen LogP contribution in [0.25, 0.3) is 11.0 Å². The normalized spacial score (nSPS) is 12.5. The van der Waals surface area contributed by atoms with Crippen LogP contribution in [0.15, 0.2) is 41.6 Å². The van der Waals surface area contributed by atoms with Crippen LogP contribution in [0.4, 0.5) is 0 Å². The maximum absolute atomic E-state index is 12.6. The number of aromatic nitrogens is 2. The Bertz CT molecular complexity index is 855. The van der Waals surface area contributed by atoms with Crippen LogP contribution in [-0.4, -0.2) is 21.3 Å². The third-order valence-corrected chi connectivity index (χ3v) is 4.87. The van der Waals surface area contributed by atoms with Gasteiger partial charge in [0.1, 0.15) is 5.75 Å². The van der Waals surface area contributed by atoms with Gasteiger partial charge in [-0.2, -0.15) is 0 Å². The van der Waals surface area contributed by atoms with Gasteiger partial charge in [-0.15, -0.1) is 0 Å². The molecule has 0 spiro atoms. The van der Waals surface area contributed by atoms with Gasteiger partial charge in [-0.1, -0.05) is 23.8 Å². The summed E-state index contributed by atoms with van der Waals surface area (Å²) in [5.74, 6) is 1.21. The van der Waals surface area contributed by atoms with Crippen LogP contribution in [0.1, 0.15) is 16.7 Å². The van der Waals surface area contributed by atoms with Crippen molar-refractivity contribution in [2.24, 2.45) is 0 Å². The molecule has 2 aromatic carbocycles. The molecule has 0 radical (unpaired) electrons. The fourth-order valence-electron chi connectivity index (χ4n) is 2.42. The summed E-state index contributed by atoms with van der Waals surface area (Å²) in [6.45, 7) is 4.10. The first-order valence-electron chi connectivity index (χ1n) is 7.05. The van der Waals surface area contributed by atoms with Gasteiger partial charge in [0.15, 0.2) is 5.16 Å². The molecule has 0 bridgehead atoms. The van der Waals surface area contributed by atoms with E-state index in [1.54, 1.807) is 7.11 Å². The molecule has 0 unspecified atom stereocenters. The summed E-state index contributed by atoms with van der Waals surface area (Å²) in [7, 11) is 0.422. The fraction of sp³-hybridized carbons (Fsp3) is 0.235. The second kappa shape index (κ2) is 5.93. The Labute approximate surface area is 132 Å². The topological polar surface area (TPSA) is 55.0 Å². The first-order valence-corrected chi connectivity index (χ1v) is 8.37. The molecule has 1 N–H and O–H groups in total. The minimum atomic E-state index is -1.20. The zero-order valence-corrected chi connectivity index (χ0v) is 13.7. The lowest BCUT2D eigenvalue weighted by Crippen LogP contribution is -2.00. The van der Waals surface area contributed by atoms with Crippen molar-refractivity contribution in [3.63, 3.8) is 0 Å². The number of aryl methyl sites for hydroxylation is 2. The number of aromatic amines is 1. The molecule has 0 amide bonds. The van der Waals surface area contributed by atoms with Crippen molar-refractivity contribution in [3.05, 3.63) is 53.1 Å². The smallest absolute Gasteiger partial charge is 0.197 e. The molecule has 0 saturated carbocycles. The summed E-state index contributed by atoms with van der Waals surface area (Å²) >= 11 is 0. The van der Waals surface area contributed by atoms with E-state index in [-0.39, 0.29) is 0 Å². The van der Waals surface area contributed by atoms with E-state index in [0.29, 0.717) is 10.9 Å². The van der Waals surface area contributed by atoms with Crippen LogP contribution in [0.5, 0.6) is 5.75 Å². The average Bonchev–Trinajstić information content (AvgIpc) is 2.93. The van der Waals surface area contributed by atoms with Crippen molar-refractivity contribution in [2.75, 3.05) is 7.11 Å². The first kappa shape index (κ1) is 14.8. The third kappa shape index (κ3) is 2.90. The van der Waals surface area contributed by atoms with E-state index in [1.807, 2.05) is 37.3 Å². The fourth-order valence-corrected chi connectivity index (χ4v) is 3.58. The molecule has 0 saturated heterocycles. The molecule has 1 atom stereocenters. The van der Waals surface area contributed by atoms with Gasteiger partial charge in [0.25, 0.3) is 0 Å². The number of hydrogen-bond donors (Lipinski definition) is 1. The van der Waals surface area contributed by atoms with Crippen molar-refractivity contribution in [1.29, 1.82) is 0 Å². The van der Waals surface area contributed by atoms with Crippen LogP contribution >= 0.6 is 0 Å². The van der Waals surface area contributed by atoms with Gasteiger partial charge in [-0.05, 0) is 37.1 Å². The molecule has 4 nitrogen and oxygen atoms in total. The average molecular weight is 314 g/mol. The number of nitrogens with one attached hydrogen (secondary N) is 1. The summed E-state index contributed by atoms with van der Waals surface area (Å²) < 4.78 is 17.8. The largest absolute Gasteiger partial charge is 0.497 e. The van der Waals surface area contributed by atoms with Gasteiger partial charge < -0.3 is 9.72 Å². The summed E-state index contributed by atoms with van der Waals surface area (Å²) in [6, 6.07) is 11.8. The number of methoxy groups -OCH3 is 1. The molecule has 22 heavy (non-hydrogen) atoms. The molecule has 1 heterocycles. The van der Waals surface area contributed by atoms with Crippen LogP contribution < -0.4 is 4.74 Å². The summed E-state index contributed by atoms with van der Waals surface area (Å²) in [6.07, 6.45) is 0. The van der Waals surface area contributed by atoms with Gasteiger partial charge in [-0.25, -0.2) is 4.98 Å². The van der Waals surface area contributed by atoms with E-state index in [1.165, 1.54) is 5.56 Å². The molecule has 0 aliphatic rings. The van der Waals surface area contributed by atoms with E-state index in [4.69, 9.17) is 4.74 Å². The predicted octanol–water partition coefficient (Wildman–Crippen LogP) is 3.50. The summed E-state index contributed by atoms with van der Waals surface area (Å²) in [5.41, 5.74) is 5.09. The Morgan fingerprint density at radius 2 is 2.00 bits per heavy atom. The van der Waals surface area contributed by atoms with Gasteiger partial charge in [0.05, 0.1) is 34.7 Å². The lowest BCUT2D eigenvalue weighted by Gasteiger charge is -2.05. The highest BCUT2D eigenvalue weighted by atomic mass is 32.2. The van der Waals surface area contributed by atoms with Crippen molar-refractivity contribution >= 4 is 21.8 Å². The van der Waals surface area contributed by atoms with E-state index in [2.05, 4.69) is 23.0 Å². The van der Waals surface area contributed by atoms with E-state index in [9.17, 15) is 4.21 Å². The van der Waals surface area contributed by atoms with Crippen LogP contribution in [0, 0.1) is 13.8 Å². The second-order valence-electron chi connectivity index (χ2n) is 5.34. The molecule has 3 rings (SSSR count). The van der Waals surface area contributed by atoms with Crippen LogP contribution in [-0.2, 0) is 16.6 Å². The lowest BCUT2D eigenvalue weighted by molar-refractivity contribution is 0.415. The number of fused-ring (bicyclic) bond motifs is 1. The van der Waals surface area contributed by atoms with E-state index < -0.39 is 10.8 Å². The van der Waals surface area contributed by atoms with Gasteiger partial charge >= 0.3 is 0 Å². The minimum absolute atomic E-state index is 0.461. The zero-order chi connectivity index (χ0) is 15.7. The van der Waals surface area contributed by atoms with E-state index in [0.717, 1.165) is 27.9 Å². The van der Waals surface area contributed by atoms with Crippen molar-refractivity contribution in [1.82, 2.24) is 9.97 Å². The number of imidazole rings is 1. The molecule has 0 aliphatic carbocycles. The quantitative estimate of drug-likeness (QED) is 0.802. The van der Waals surface area contributed by atoms with Gasteiger partial charge in [0.2, 0.25) is 0 Å². The third-order valence-electron chi connectivity index (χ3n) is 3.67. The molecular formula is C17H18N2O2S. The Balaban J connectivity index is 1.88. The highest BCUT2D eigenvalue weighted by Gasteiger charge is 2.12. The Morgan fingerprint density at radius 1 is 1.18 bits per heavy atom. The first-order chi connectivity index (χ1) is 10.6. The van der Waals surface area contributed by atoms with Crippen LogP contribution in [0.3, 0.4) is 0 Å². The van der Waals surface area contributed by atoms with E-state index >= 15 is 0 Å². The number of rotatable bonds is 4. The number of nitrogens with zero attached hydrogens (tertiary/aromatic N) is 1. The predicted molar refractivity (Wildman–Crippen MR) is 88.7 cm³/mol. The molecule has 5 heteroatoms. The van der Waals surface area contributed by atoms with Crippen molar-refractivity contribution in [2.45, 2.75) is 24.8 Å². The molecule has 3 aromatic rings. The van der Waals surface area contributed by atoms with Gasteiger partial charge in [0, 0.05) is 6.07 Å². The Kier molecular flexibility index (Phi) is 3.98. The molecule has 0 fully saturated rings. The molecule has 114 valence electrons. The highest BCUT2D eigenvalue weighted by Crippen LogP contribution is 2.21. The lowest BCUT2D eigenvalue weighted by atomic mass is 10.1. The zero-order valence-electron chi connectivity index (χ0n) is 12.8. The van der Waals surface area contributed by atoms with Crippen LogP contribution in [0.2, 0.25) is 0 Å². The molecule has 1 aromatic heterocycles. The summed E-state index contributed by atoms with van der Waals surface area (Å²) in [4.78, 5) is 7.55. The standard InChI is InChI=1S/C17H18N2O2S/c1-11-4-5-13(12(2)8-11)10-22(20)17-18-15-7-6-14(21-3)9-16(15)19-17/h4-9H,10H2,1-3H3,(H,18,19)/t22-/m1/s1. The maximum Gasteiger partial charge on any atom is 0.197 e.